The molecular formula is C22H25FN6O2. The first-order chi connectivity index (χ1) is 14.9. The summed E-state index contributed by atoms with van der Waals surface area (Å²) in [5.74, 6) is 0.850. The number of anilines is 1. The van der Waals surface area contributed by atoms with Crippen molar-refractivity contribution in [1.82, 2.24) is 20.3 Å². The number of rotatable bonds is 3. The van der Waals surface area contributed by atoms with Crippen LogP contribution in [0.1, 0.15) is 34.2 Å². The molecule has 1 aromatic carbocycles. The highest BCUT2D eigenvalue weighted by Crippen LogP contribution is 2.34. The van der Waals surface area contributed by atoms with Crippen LogP contribution in [-0.2, 0) is 4.84 Å². The zero-order chi connectivity index (χ0) is 21.7. The molecule has 0 spiro atoms. The minimum Gasteiger partial charge on any atom is -0.386 e. The predicted molar refractivity (Wildman–Crippen MR) is 113 cm³/mol. The molecule has 4 heterocycles. The third-order valence-electron chi connectivity index (χ3n) is 6.12. The average molecular weight is 424 g/mol. The monoisotopic (exact) mass is 424 g/mol. The molecule has 162 valence electrons. The van der Waals surface area contributed by atoms with Crippen LogP contribution >= 0.6 is 0 Å². The van der Waals surface area contributed by atoms with Gasteiger partial charge in [-0.3, -0.25) is 4.79 Å². The Morgan fingerprint density at radius 1 is 1.13 bits per heavy atom. The minimum atomic E-state index is -0.516. The SMILES string of the molecule is Cc1cc(C)nc(N2CC3CN(C(=O)c4cccc(F)c4C4=NC(C)NO4)CC3C2)n1. The topological polar surface area (TPSA) is 83.0 Å². The molecule has 3 unspecified atom stereocenters. The number of aromatic nitrogens is 2. The molecule has 3 aliphatic heterocycles. The normalized spacial score (nSPS) is 24.9. The quantitative estimate of drug-likeness (QED) is 0.812. The van der Waals surface area contributed by atoms with Crippen LogP contribution in [0.15, 0.2) is 29.3 Å². The van der Waals surface area contributed by atoms with Crippen molar-refractivity contribution in [3.8, 4) is 0 Å². The van der Waals surface area contributed by atoms with Crippen LogP contribution in [0.2, 0.25) is 0 Å². The zero-order valence-corrected chi connectivity index (χ0v) is 17.8. The molecule has 0 aliphatic carbocycles. The van der Waals surface area contributed by atoms with Crippen molar-refractivity contribution < 1.29 is 14.0 Å². The van der Waals surface area contributed by atoms with E-state index in [1.807, 2.05) is 24.8 Å². The van der Waals surface area contributed by atoms with Crippen LogP contribution in [0.5, 0.6) is 0 Å². The number of amides is 1. The Balaban J connectivity index is 1.33. The number of hydrogen-bond donors (Lipinski definition) is 1. The molecule has 3 atom stereocenters. The summed E-state index contributed by atoms with van der Waals surface area (Å²) in [6, 6.07) is 6.47. The van der Waals surface area contributed by atoms with Gasteiger partial charge in [-0.15, -0.1) is 5.48 Å². The Kier molecular flexibility index (Phi) is 4.85. The summed E-state index contributed by atoms with van der Waals surface area (Å²) in [5, 5.41) is 0. The first-order valence-electron chi connectivity index (χ1n) is 10.5. The van der Waals surface area contributed by atoms with E-state index in [2.05, 4.69) is 25.3 Å². The van der Waals surface area contributed by atoms with Crippen molar-refractivity contribution in [2.24, 2.45) is 16.8 Å². The van der Waals surface area contributed by atoms with E-state index in [0.717, 1.165) is 30.4 Å². The van der Waals surface area contributed by atoms with Crippen molar-refractivity contribution in [3.63, 3.8) is 0 Å². The van der Waals surface area contributed by atoms with Gasteiger partial charge in [-0.1, -0.05) is 6.07 Å². The minimum absolute atomic E-state index is 0.117. The van der Waals surface area contributed by atoms with Gasteiger partial charge >= 0.3 is 0 Å². The Hall–Kier alpha value is -3.07. The molecule has 3 aliphatic rings. The summed E-state index contributed by atoms with van der Waals surface area (Å²) >= 11 is 0. The fraction of sp³-hybridized carbons (Fsp3) is 0.455. The van der Waals surface area contributed by atoms with E-state index in [1.165, 1.54) is 6.07 Å². The van der Waals surface area contributed by atoms with Gasteiger partial charge in [0.1, 0.15) is 12.0 Å². The largest absolute Gasteiger partial charge is 0.386 e. The second kappa shape index (κ2) is 7.56. The number of aryl methyl sites for hydroxylation is 2. The van der Waals surface area contributed by atoms with Gasteiger partial charge in [-0.25, -0.2) is 19.4 Å². The Labute approximate surface area is 180 Å². The Morgan fingerprint density at radius 3 is 2.42 bits per heavy atom. The number of hydrogen-bond acceptors (Lipinski definition) is 7. The van der Waals surface area contributed by atoms with Crippen LogP contribution in [0, 0.1) is 31.5 Å². The Morgan fingerprint density at radius 2 is 1.81 bits per heavy atom. The van der Waals surface area contributed by atoms with E-state index in [-0.39, 0.29) is 29.1 Å². The number of hydroxylamine groups is 1. The van der Waals surface area contributed by atoms with Crippen molar-refractivity contribution in [2.75, 3.05) is 31.1 Å². The predicted octanol–water partition coefficient (Wildman–Crippen LogP) is 2.07. The van der Waals surface area contributed by atoms with Crippen molar-refractivity contribution in [1.29, 1.82) is 0 Å². The lowest BCUT2D eigenvalue weighted by Crippen LogP contribution is -2.35. The van der Waals surface area contributed by atoms with Crippen molar-refractivity contribution >= 4 is 17.8 Å². The lowest BCUT2D eigenvalue weighted by atomic mass is 10.0. The van der Waals surface area contributed by atoms with Gasteiger partial charge in [0.2, 0.25) is 11.8 Å². The summed E-state index contributed by atoms with van der Waals surface area (Å²) in [6.07, 6.45) is -0.290. The van der Waals surface area contributed by atoms with Gasteiger partial charge in [0.15, 0.2) is 0 Å². The maximum Gasteiger partial charge on any atom is 0.254 e. The fourth-order valence-electron chi connectivity index (χ4n) is 4.75. The lowest BCUT2D eigenvalue weighted by Gasteiger charge is -2.23. The van der Waals surface area contributed by atoms with E-state index in [1.54, 1.807) is 19.1 Å². The first kappa shape index (κ1) is 19.9. The summed E-state index contributed by atoms with van der Waals surface area (Å²) in [6.45, 7) is 8.62. The molecule has 0 bridgehead atoms. The summed E-state index contributed by atoms with van der Waals surface area (Å²) in [5.41, 5.74) is 4.99. The van der Waals surface area contributed by atoms with E-state index >= 15 is 0 Å². The average Bonchev–Trinajstić information content (AvgIpc) is 3.41. The molecule has 1 amide bonds. The standard InChI is InChI=1S/C22H25FN6O2/c1-12-7-13(2)25-22(24-12)29-10-15-8-28(9-16(15)11-29)21(30)17-5-4-6-18(23)19(17)20-26-14(3)27-31-20/h4-7,14-16,27H,8-11H2,1-3H3. The number of nitrogens with zero attached hydrogens (tertiary/aromatic N) is 5. The van der Waals surface area contributed by atoms with Crippen LogP contribution in [-0.4, -0.2) is 59.0 Å². The van der Waals surface area contributed by atoms with Gasteiger partial charge in [-0.05, 0) is 39.0 Å². The van der Waals surface area contributed by atoms with Gasteiger partial charge in [-0.2, -0.15) is 0 Å². The highest BCUT2D eigenvalue weighted by atomic mass is 19.1. The van der Waals surface area contributed by atoms with Crippen LogP contribution in [0.25, 0.3) is 0 Å². The van der Waals surface area contributed by atoms with Crippen LogP contribution in [0.4, 0.5) is 10.3 Å². The van der Waals surface area contributed by atoms with Gasteiger partial charge in [0.25, 0.3) is 5.91 Å². The highest BCUT2D eigenvalue weighted by molar-refractivity contribution is 6.07. The number of carbonyl (C=O) groups excluding carboxylic acids is 1. The number of fused-ring (bicyclic) bond motifs is 1. The van der Waals surface area contributed by atoms with Gasteiger partial charge < -0.3 is 14.6 Å². The first-order valence-corrected chi connectivity index (χ1v) is 10.5. The molecular weight excluding hydrogens is 399 g/mol. The summed E-state index contributed by atoms with van der Waals surface area (Å²) in [4.78, 5) is 36.1. The molecule has 1 aromatic heterocycles. The third-order valence-corrected chi connectivity index (χ3v) is 6.12. The summed E-state index contributed by atoms with van der Waals surface area (Å²) in [7, 11) is 0. The van der Waals surface area contributed by atoms with Crippen molar-refractivity contribution in [2.45, 2.75) is 26.9 Å². The highest BCUT2D eigenvalue weighted by Gasteiger charge is 2.43. The summed E-state index contributed by atoms with van der Waals surface area (Å²) < 4.78 is 14.6. The number of benzene rings is 1. The fourth-order valence-corrected chi connectivity index (χ4v) is 4.75. The molecule has 5 rings (SSSR count). The molecule has 8 nitrogen and oxygen atoms in total. The molecule has 2 saturated heterocycles. The smallest absolute Gasteiger partial charge is 0.254 e. The number of carbonyl (C=O) groups is 1. The van der Waals surface area contributed by atoms with Crippen LogP contribution < -0.4 is 10.4 Å². The molecule has 0 saturated carbocycles. The van der Waals surface area contributed by atoms with E-state index in [4.69, 9.17) is 4.84 Å². The molecule has 1 N–H and O–H groups in total. The molecule has 2 aromatic rings. The molecule has 31 heavy (non-hydrogen) atoms. The van der Waals surface area contributed by atoms with E-state index < -0.39 is 5.82 Å². The molecule has 2 fully saturated rings. The molecule has 0 radical (unpaired) electrons. The molecule has 9 heteroatoms. The van der Waals surface area contributed by atoms with Gasteiger partial charge in [0.05, 0.1) is 11.1 Å². The second-order valence-corrected chi connectivity index (χ2v) is 8.58. The lowest BCUT2D eigenvalue weighted by molar-refractivity contribution is 0.0781. The van der Waals surface area contributed by atoms with Gasteiger partial charge in [0, 0.05) is 49.4 Å². The number of likely N-dealkylation sites (tertiary alicyclic amines) is 1. The van der Waals surface area contributed by atoms with E-state index in [9.17, 15) is 9.18 Å². The second-order valence-electron chi connectivity index (χ2n) is 8.58. The maximum atomic E-state index is 14.6. The van der Waals surface area contributed by atoms with Crippen LogP contribution in [0.3, 0.4) is 0 Å². The zero-order valence-electron chi connectivity index (χ0n) is 17.8. The number of nitrogens with one attached hydrogen (secondary N) is 1. The number of aliphatic imine (C=N–C) groups is 1. The maximum absolute atomic E-state index is 14.6. The number of halogens is 1. The Bertz CT molecular complexity index is 1040. The van der Waals surface area contributed by atoms with Crippen molar-refractivity contribution in [3.05, 3.63) is 52.6 Å². The third kappa shape index (κ3) is 3.63. The van der Waals surface area contributed by atoms with E-state index in [0.29, 0.717) is 24.9 Å².